The first-order valence-corrected chi connectivity index (χ1v) is 8.39. The maximum atomic E-state index is 11.9. The molecule has 0 unspecified atom stereocenters. The number of nitrogens with zero attached hydrogens (tertiary/aromatic N) is 3. The first-order valence-electron chi connectivity index (χ1n) is 8.39. The molecular weight excluding hydrogens is 316 g/mol. The number of benzene rings is 1. The van der Waals surface area contributed by atoms with Crippen molar-refractivity contribution in [2.45, 2.75) is 32.9 Å². The second-order valence-electron chi connectivity index (χ2n) is 6.11. The van der Waals surface area contributed by atoms with Crippen molar-refractivity contribution >= 4 is 22.6 Å². The highest BCUT2D eigenvalue weighted by molar-refractivity contribution is 5.89. The maximum Gasteiger partial charge on any atom is 0.227 e. The number of hydrogen-bond acceptors (Lipinski definition) is 4. The lowest BCUT2D eigenvalue weighted by atomic mass is 10.1. The van der Waals surface area contributed by atoms with E-state index >= 15 is 0 Å². The van der Waals surface area contributed by atoms with Crippen LogP contribution in [0, 0.1) is 0 Å². The third kappa shape index (κ3) is 4.64. The summed E-state index contributed by atoms with van der Waals surface area (Å²) in [7, 11) is 0. The highest BCUT2D eigenvalue weighted by Gasteiger charge is 2.07. The first-order chi connectivity index (χ1) is 12.1. The minimum atomic E-state index is -0.0993. The van der Waals surface area contributed by atoms with Crippen molar-refractivity contribution in [3.63, 3.8) is 0 Å². The zero-order valence-corrected chi connectivity index (χ0v) is 14.5. The van der Waals surface area contributed by atoms with Crippen LogP contribution in [0.3, 0.4) is 0 Å². The Kier molecular flexibility index (Phi) is 5.40. The van der Waals surface area contributed by atoms with Gasteiger partial charge >= 0.3 is 0 Å². The fraction of sp³-hybridized carbons (Fsp3) is 0.316. The van der Waals surface area contributed by atoms with Gasteiger partial charge in [0.05, 0.1) is 31.2 Å². The van der Waals surface area contributed by atoms with Crippen molar-refractivity contribution < 1.29 is 9.53 Å². The van der Waals surface area contributed by atoms with Crippen LogP contribution in [0.5, 0.6) is 0 Å². The third-order valence-electron chi connectivity index (χ3n) is 3.74. The van der Waals surface area contributed by atoms with Gasteiger partial charge < -0.3 is 10.1 Å². The SMILES string of the molecule is CC(C)OCCC(=O)Nc1ccn(Cc2cccc3cccnc23)n1. The molecule has 3 aromatic rings. The molecule has 0 aliphatic rings. The van der Waals surface area contributed by atoms with Crippen molar-refractivity contribution in [2.75, 3.05) is 11.9 Å². The summed E-state index contributed by atoms with van der Waals surface area (Å²) in [5, 5.41) is 8.31. The predicted molar refractivity (Wildman–Crippen MR) is 97.4 cm³/mol. The number of amides is 1. The lowest BCUT2D eigenvalue weighted by Crippen LogP contribution is -2.16. The molecule has 0 saturated heterocycles. The standard InChI is InChI=1S/C19H22N4O2/c1-14(2)25-12-9-18(24)21-17-8-11-23(22-17)13-16-6-3-5-15-7-4-10-20-19(15)16/h3-8,10-11,14H,9,12-13H2,1-2H3,(H,21,22,24). The molecule has 0 bridgehead atoms. The summed E-state index contributed by atoms with van der Waals surface area (Å²) < 4.78 is 7.18. The lowest BCUT2D eigenvalue weighted by Gasteiger charge is -2.07. The summed E-state index contributed by atoms with van der Waals surface area (Å²) in [6.07, 6.45) is 4.08. The molecule has 1 N–H and O–H groups in total. The number of fused-ring (bicyclic) bond motifs is 1. The number of ether oxygens (including phenoxy) is 1. The van der Waals surface area contributed by atoms with E-state index < -0.39 is 0 Å². The number of carbonyl (C=O) groups excluding carboxylic acids is 1. The van der Waals surface area contributed by atoms with Crippen LogP contribution in [0.4, 0.5) is 5.82 Å². The Hall–Kier alpha value is -2.73. The molecule has 1 aromatic carbocycles. The quantitative estimate of drug-likeness (QED) is 0.718. The van der Waals surface area contributed by atoms with Crippen molar-refractivity contribution in [3.8, 4) is 0 Å². The smallest absolute Gasteiger partial charge is 0.227 e. The van der Waals surface area contributed by atoms with Crippen LogP contribution in [0.15, 0.2) is 48.8 Å². The molecule has 0 aliphatic carbocycles. The van der Waals surface area contributed by atoms with Crippen LogP contribution in [-0.4, -0.2) is 33.4 Å². The van der Waals surface area contributed by atoms with Crippen molar-refractivity contribution in [2.24, 2.45) is 0 Å². The number of aromatic nitrogens is 3. The summed E-state index contributed by atoms with van der Waals surface area (Å²) in [5.74, 6) is 0.445. The van der Waals surface area contributed by atoms with Gasteiger partial charge in [0.1, 0.15) is 0 Å². The van der Waals surface area contributed by atoms with Gasteiger partial charge in [0, 0.05) is 23.8 Å². The summed E-state index contributed by atoms with van der Waals surface area (Å²) in [5.41, 5.74) is 2.06. The third-order valence-corrected chi connectivity index (χ3v) is 3.74. The normalized spacial score (nSPS) is 11.2. The predicted octanol–water partition coefficient (Wildman–Crippen LogP) is 3.23. The minimum absolute atomic E-state index is 0.0993. The van der Waals surface area contributed by atoms with Gasteiger partial charge in [-0.15, -0.1) is 0 Å². The molecule has 3 rings (SSSR count). The molecule has 2 heterocycles. The maximum absolute atomic E-state index is 11.9. The van der Waals surface area contributed by atoms with E-state index in [9.17, 15) is 4.79 Å². The van der Waals surface area contributed by atoms with Crippen LogP contribution in [0.1, 0.15) is 25.8 Å². The van der Waals surface area contributed by atoms with Gasteiger partial charge in [0.15, 0.2) is 5.82 Å². The summed E-state index contributed by atoms with van der Waals surface area (Å²) in [4.78, 5) is 16.3. The molecular formula is C19H22N4O2. The molecule has 6 nitrogen and oxygen atoms in total. The minimum Gasteiger partial charge on any atom is -0.378 e. The Morgan fingerprint density at radius 3 is 2.92 bits per heavy atom. The molecule has 1 amide bonds. The molecule has 2 aromatic heterocycles. The van der Waals surface area contributed by atoms with Gasteiger partial charge in [-0.1, -0.05) is 24.3 Å². The van der Waals surface area contributed by atoms with Crippen LogP contribution < -0.4 is 5.32 Å². The van der Waals surface area contributed by atoms with E-state index in [2.05, 4.69) is 15.4 Å². The van der Waals surface area contributed by atoms with E-state index in [1.807, 2.05) is 50.4 Å². The molecule has 6 heteroatoms. The van der Waals surface area contributed by atoms with Crippen LogP contribution in [0.25, 0.3) is 10.9 Å². The second-order valence-corrected chi connectivity index (χ2v) is 6.11. The zero-order valence-electron chi connectivity index (χ0n) is 14.5. The molecule has 0 spiro atoms. The zero-order chi connectivity index (χ0) is 17.6. The highest BCUT2D eigenvalue weighted by atomic mass is 16.5. The van der Waals surface area contributed by atoms with Crippen molar-refractivity contribution in [1.29, 1.82) is 0 Å². The fourth-order valence-electron chi connectivity index (χ4n) is 2.58. The number of rotatable bonds is 7. The summed E-state index contributed by atoms with van der Waals surface area (Å²) >= 11 is 0. The highest BCUT2D eigenvalue weighted by Crippen LogP contribution is 2.17. The molecule has 0 saturated carbocycles. The molecule has 0 aliphatic heterocycles. The number of anilines is 1. The fourth-order valence-corrected chi connectivity index (χ4v) is 2.58. The largest absolute Gasteiger partial charge is 0.378 e. The Labute approximate surface area is 146 Å². The van der Waals surface area contributed by atoms with Crippen LogP contribution >= 0.6 is 0 Å². The van der Waals surface area contributed by atoms with E-state index in [4.69, 9.17) is 4.74 Å². The van der Waals surface area contributed by atoms with Crippen molar-refractivity contribution in [3.05, 3.63) is 54.4 Å². The van der Waals surface area contributed by atoms with E-state index in [1.54, 1.807) is 16.9 Å². The molecule has 0 radical (unpaired) electrons. The van der Waals surface area contributed by atoms with E-state index in [0.29, 0.717) is 25.4 Å². The Morgan fingerprint density at radius 2 is 2.08 bits per heavy atom. The van der Waals surface area contributed by atoms with Gasteiger partial charge in [0.25, 0.3) is 0 Å². The number of carbonyl (C=O) groups is 1. The average molecular weight is 338 g/mol. The number of para-hydroxylation sites is 1. The molecule has 0 atom stereocenters. The Bertz CT molecular complexity index is 852. The molecule has 130 valence electrons. The topological polar surface area (TPSA) is 69.0 Å². The van der Waals surface area contributed by atoms with E-state index in [0.717, 1.165) is 16.5 Å². The van der Waals surface area contributed by atoms with E-state index in [-0.39, 0.29) is 12.0 Å². The Balaban J connectivity index is 1.62. The van der Waals surface area contributed by atoms with Crippen LogP contribution in [-0.2, 0) is 16.1 Å². The second kappa shape index (κ2) is 7.90. The number of hydrogen-bond donors (Lipinski definition) is 1. The van der Waals surface area contributed by atoms with Crippen molar-refractivity contribution in [1.82, 2.24) is 14.8 Å². The monoisotopic (exact) mass is 338 g/mol. The molecule has 25 heavy (non-hydrogen) atoms. The summed E-state index contributed by atoms with van der Waals surface area (Å²) in [6, 6.07) is 11.9. The van der Waals surface area contributed by atoms with Crippen LogP contribution in [0.2, 0.25) is 0 Å². The number of pyridine rings is 1. The van der Waals surface area contributed by atoms with Gasteiger partial charge in [-0.05, 0) is 25.5 Å². The lowest BCUT2D eigenvalue weighted by molar-refractivity contribution is -0.117. The summed E-state index contributed by atoms with van der Waals surface area (Å²) in [6.45, 7) is 4.90. The van der Waals surface area contributed by atoms with Gasteiger partial charge in [-0.2, -0.15) is 5.10 Å². The molecule has 0 fully saturated rings. The average Bonchev–Trinajstić information content (AvgIpc) is 3.02. The Morgan fingerprint density at radius 1 is 1.24 bits per heavy atom. The van der Waals surface area contributed by atoms with Gasteiger partial charge in [-0.3, -0.25) is 14.5 Å². The number of nitrogens with one attached hydrogen (secondary N) is 1. The van der Waals surface area contributed by atoms with E-state index in [1.165, 1.54) is 0 Å². The van der Waals surface area contributed by atoms with Gasteiger partial charge in [0.2, 0.25) is 5.91 Å². The van der Waals surface area contributed by atoms with Gasteiger partial charge in [-0.25, -0.2) is 0 Å². The first kappa shape index (κ1) is 17.1.